The zero-order valence-corrected chi connectivity index (χ0v) is 14.4. The van der Waals surface area contributed by atoms with Crippen molar-refractivity contribution >= 4 is 5.82 Å². The zero-order valence-electron chi connectivity index (χ0n) is 14.4. The Labute approximate surface area is 130 Å². The Bertz CT molecular complexity index is 462. The number of pyridine rings is 1. The van der Waals surface area contributed by atoms with Gasteiger partial charge in [0.2, 0.25) is 0 Å². The van der Waals surface area contributed by atoms with Gasteiger partial charge in [-0.25, -0.2) is 4.98 Å². The van der Waals surface area contributed by atoms with Crippen LogP contribution in [-0.4, -0.2) is 24.6 Å². The van der Waals surface area contributed by atoms with Gasteiger partial charge in [-0.05, 0) is 43.0 Å². The number of hydrogen-bond donors (Lipinski definition) is 1. The van der Waals surface area contributed by atoms with E-state index in [1.165, 1.54) is 29.9 Å². The molecule has 21 heavy (non-hydrogen) atoms. The molecule has 0 spiro atoms. The molecular weight excluding hydrogens is 258 g/mol. The fraction of sp³-hybridized carbons (Fsp3) is 0.722. The Morgan fingerprint density at radius 3 is 2.71 bits per heavy atom. The van der Waals surface area contributed by atoms with E-state index < -0.39 is 0 Å². The van der Waals surface area contributed by atoms with Crippen molar-refractivity contribution in [2.24, 2.45) is 5.92 Å². The summed E-state index contributed by atoms with van der Waals surface area (Å²) < 4.78 is 0. The molecule has 0 aliphatic carbocycles. The van der Waals surface area contributed by atoms with Crippen LogP contribution in [0.4, 0.5) is 5.82 Å². The minimum atomic E-state index is 0.0956. The SMILES string of the molecule is CCNCc1cc(N2CCCC(C)C2)nc(C(C)(C)C)c1. The van der Waals surface area contributed by atoms with Crippen molar-refractivity contribution in [3.05, 3.63) is 23.4 Å². The molecule has 2 heterocycles. The summed E-state index contributed by atoms with van der Waals surface area (Å²) in [4.78, 5) is 7.44. The molecule has 0 radical (unpaired) electrons. The molecule has 3 nitrogen and oxygen atoms in total. The monoisotopic (exact) mass is 289 g/mol. The Balaban J connectivity index is 2.30. The maximum absolute atomic E-state index is 4.97. The van der Waals surface area contributed by atoms with E-state index in [1.807, 2.05) is 0 Å². The van der Waals surface area contributed by atoms with Crippen LogP contribution in [-0.2, 0) is 12.0 Å². The lowest BCUT2D eigenvalue weighted by Crippen LogP contribution is -2.35. The summed E-state index contributed by atoms with van der Waals surface area (Å²) in [6.07, 6.45) is 2.63. The first-order valence-electron chi connectivity index (χ1n) is 8.37. The van der Waals surface area contributed by atoms with Gasteiger partial charge in [-0.15, -0.1) is 0 Å². The molecule has 0 bridgehead atoms. The van der Waals surface area contributed by atoms with Gasteiger partial charge in [-0.2, -0.15) is 0 Å². The van der Waals surface area contributed by atoms with Gasteiger partial charge in [0.1, 0.15) is 5.82 Å². The fourth-order valence-electron chi connectivity index (χ4n) is 2.89. The van der Waals surface area contributed by atoms with Gasteiger partial charge in [-0.1, -0.05) is 34.6 Å². The second-order valence-electron chi connectivity index (χ2n) is 7.44. The summed E-state index contributed by atoms with van der Waals surface area (Å²) >= 11 is 0. The van der Waals surface area contributed by atoms with Crippen LogP contribution in [0.25, 0.3) is 0 Å². The lowest BCUT2D eigenvalue weighted by atomic mass is 9.90. The molecule has 1 aromatic heterocycles. The lowest BCUT2D eigenvalue weighted by molar-refractivity contribution is 0.443. The summed E-state index contributed by atoms with van der Waals surface area (Å²) in [5.74, 6) is 1.94. The Morgan fingerprint density at radius 2 is 2.10 bits per heavy atom. The maximum atomic E-state index is 4.97. The summed E-state index contributed by atoms with van der Waals surface area (Å²) in [6.45, 7) is 15.5. The predicted molar refractivity (Wildman–Crippen MR) is 90.9 cm³/mol. The zero-order chi connectivity index (χ0) is 15.5. The van der Waals surface area contributed by atoms with Crippen molar-refractivity contribution in [2.75, 3.05) is 24.5 Å². The third kappa shape index (κ3) is 4.44. The van der Waals surface area contributed by atoms with E-state index in [2.05, 4.69) is 57.0 Å². The van der Waals surface area contributed by atoms with Crippen LogP contribution in [0.5, 0.6) is 0 Å². The number of rotatable bonds is 4. The average molecular weight is 289 g/mol. The maximum Gasteiger partial charge on any atom is 0.129 e. The molecule has 0 amide bonds. The van der Waals surface area contributed by atoms with Crippen molar-refractivity contribution in [1.29, 1.82) is 0 Å². The Kier molecular flexibility index (Phi) is 5.26. The van der Waals surface area contributed by atoms with Crippen molar-refractivity contribution in [3.63, 3.8) is 0 Å². The van der Waals surface area contributed by atoms with E-state index >= 15 is 0 Å². The van der Waals surface area contributed by atoms with E-state index in [9.17, 15) is 0 Å². The van der Waals surface area contributed by atoms with Crippen molar-refractivity contribution < 1.29 is 0 Å². The molecule has 1 aliphatic rings. The first-order valence-corrected chi connectivity index (χ1v) is 8.37. The number of nitrogens with one attached hydrogen (secondary N) is 1. The van der Waals surface area contributed by atoms with Gasteiger partial charge < -0.3 is 10.2 Å². The number of piperidine rings is 1. The molecule has 1 aliphatic heterocycles. The van der Waals surface area contributed by atoms with E-state index in [4.69, 9.17) is 4.98 Å². The van der Waals surface area contributed by atoms with Crippen LogP contribution in [0.3, 0.4) is 0 Å². The van der Waals surface area contributed by atoms with Crippen molar-refractivity contribution in [3.8, 4) is 0 Å². The highest BCUT2D eigenvalue weighted by Gasteiger charge is 2.21. The van der Waals surface area contributed by atoms with Gasteiger partial charge in [0.05, 0.1) is 0 Å². The molecular formula is C18H31N3. The van der Waals surface area contributed by atoms with Crippen LogP contribution < -0.4 is 10.2 Å². The highest BCUT2D eigenvalue weighted by Crippen LogP contribution is 2.27. The van der Waals surface area contributed by atoms with Gasteiger partial charge in [0.25, 0.3) is 0 Å². The van der Waals surface area contributed by atoms with E-state index in [-0.39, 0.29) is 5.41 Å². The molecule has 1 unspecified atom stereocenters. The van der Waals surface area contributed by atoms with Gasteiger partial charge in [-0.3, -0.25) is 0 Å². The number of aromatic nitrogens is 1. The molecule has 3 heteroatoms. The molecule has 1 N–H and O–H groups in total. The first kappa shape index (κ1) is 16.3. The molecule has 1 saturated heterocycles. The first-order chi connectivity index (χ1) is 9.90. The van der Waals surface area contributed by atoms with E-state index in [1.54, 1.807) is 0 Å². The third-order valence-electron chi connectivity index (χ3n) is 4.20. The minimum Gasteiger partial charge on any atom is -0.356 e. The number of nitrogens with zero attached hydrogens (tertiary/aromatic N) is 2. The normalized spacial score (nSPS) is 19.9. The molecule has 2 rings (SSSR count). The summed E-state index contributed by atoms with van der Waals surface area (Å²) in [7, 11) is 0. The largest absolute Gasteiger partial charge is 0.356 e. The topological polar surface area (TPSA) is 28.2 Å². The quantitative estimate of drug-likeness (QED) is 0.915. The van der Waals surface area contributed by atoms with Crippen LogP contribution in [0.1, 0.15) is 58.7 Å². The van der Waals surface area contributed by atoms with Gasteiger partial charge in [0, 0.05) is 30.7 Å². The fourth-order valence-corrected chi connectivity index (χ4v) is 2.89. The molecule has 118 valence electrons. The standard InChI is InChI=1S/C18H31N3/c1-6-19-12-15-10-16(18(3,4)5)20-17(11-15)21-9-7-8-14(2)13-21/h10-11,14,19H,6-9,12-13H2,1-5H3. The Morgan fingerprint density at radius 1 is 1.33 bits per heavy atom. The lowest BCUT2D eigenvalue weighted by Gasteiger charge is -2.33. The van der Waals surface area contributed by atoms with Crippen LogP contribution in [0.15, 0.2) is 12.1 Å². The highest BCUT2D eigenvalue weighted by atomic mass is 15.2. The van der Waals surface area contributed by atoms with Gasteiger partial charge >= 0.3 is 0 Å². The smallest absolute Gasteiger partial charge is 0.129 e. The highest BCUT2D eigenvalue weighted by molar-refractivity contribution is 5.44. The Hall–Kier alpha value is -1.09. The third-order valence-corrected chi connectivity index (χ3v) is 4.20. The molecule has 0 aromatic carbocycles. The van der Waals surface area contributed by atoms with Crippen molar-refractivity contribution in [1.82, 2.24) is 10.3 Å². The molecule has 1 aromatic rings. The summed E-state index contributed by atoms with van der Waals surface area (Å²) in [5, 5.41) is 3.44. The van der Waals surface area contributed by atoms with Crippen LogP contribution in [0, 0.1) is 5.92 Å². The predicted octanol–water partition coefficient (Wildman–Crippen LogP) is 3.72. The average Bonchev–Trinajstić information content (AvgIpc) is 2.44. The van der Waals surface area contributed by atoms with E-state index in [0.29, 0.717) is 0 Å². The van der Waals surface area contributed by atoms with E-state index in [0.717, 1.165) is 32.1 Å². The second-order valence-corrected chi connectivity index (χ2v) is 7.44. The molecule has 0 saturated carbocycles. The number of hydrogen-bond acceptors (Lipinski definition) is 3. The van der Waals surface area contributed by atoms with Crippen LogP contribution >= 0.6 is 0 Å². The molecule has 1 fully saturated rings. The van der Waals surface area contributed by atoms with Crippen LogP contribution in [0.2, 0.25) is 0 Å². The summed E-state index contributed by atoms with van der Waals surface area (Å²) in [5.41, 5.74) is 2.65. The minimum absolute atomic E-state index is 0.0956. The van der Waals surface area contributed by atoms with Gasteiger partial charge in [0.15, 0.2) is 0 Å². The number of anilines is 1. The summed E-state index contributed by atoms with van der Waals surface area (Å²) in [6, 6.07) is 4.54. The molecule has 1 atom stereocenters. The van der Waals surface area contributed by atoms with Crippen molar-refractivity contribution in [2.45, 2.75) is 59.4 Å². The second kappa shape index (κ2) is 6.78.